The van der Waals surface area contributed by atoms with Gasteiger partial charge in [-0.1, -0.05) is 18.2 Å². The molecule has 0 amide bonds. The largest absolute Gasteiger partial charge is 0.348 e. The quantitative estimate of drug-likeness (QED) is 0.724. The highest BCUT2D eigenvalue weighted by Gasteiger charge is 2.38. The van der Waals surface area contributed by atoms with Crippen LogP contribution in [0.2, 0.25) is 0 Å². The standard InChI is InChI=1S/C18H16FN3O2S/c19-16-7-2-1-6-15(16)18-17-8-4-10-21(17)11-12-22(18)25(23,24)14-5-3-9-20-13-14/h1-10,13,18H,11-12H2/t18-/m1/s1. The van der Waals surface area contributed by atoms with Crippen LogP contribution in [0.4, 0.5) is 4.39 Å². The molecule has 1 aliphatic heterocycles. The number of rotatable bonds is 3. The van der Waals surface area contributed by atoms with Gasteiger partial charge in [0.2, 0.25) is 10.0 Å². The molecule has 4 rings (SSSR count). The highest BCUT2D eigenvalue weighted by molar-refractivity contribution is 7.89. The lowest BCUT2D eigenvalue weighted by Crippen LogP contribution is -2.42. The van der Waals surface area contributed by atoms with Crippen molar-refractivity contribution in [2.45, 2.75) is 17.5 Å². The summed E-state index contributed by atoms with van der Waals surface area (Å²) >= 11 is 0. The molecule has 0 saturated heterocycles. The summed E-state index contributed by atoms with van der Waals surface area (Å²) in [6, 6.07) is 12.4. The fraction of sp³-hybridized carbons (Fsp3) is 0.167. The molecule has 0 spiro atoms. The summed E-state index contributed by atoms with van der Waals surface area (Å²) in [5.74, 6) is -0.423. The van der Waals surface area contributed by atoms with Crippen molar-refractivity contribution in [2.75, 3.05) is 6.54 Å². The number of sulfonamides is 1. The topological polar surface area (TPSA) is 55.2 Å². The Labute approximate surface area is 145 Å². The van der Waals surface area contributed by atoms with Gasteiger partial charge in [-0.15, -0.1) is 0 Å². The van der Waals surface area contributed by atoms with Gasteiger partial charge in [0, 0.05) is 42.9 Å². The van der Waals surface area contributed by atoms with Crippen molar-refractivity contribution in [2.24, 2.45) is 0 Å². The number of aromatic nitrogens is 2. The van der Waals surface area contributed by atoms with E-state index in [2.05, 4.69) is 4.98 Å². The fourth-order valence-electron chi connectivity index (χ4n) is 3.27. The minimum atomic E-state index is -3.81. The maximum atomic E-state index is 14.5. The van der Waals surface area contributed by atoms with Crippen molar-refractivity contribution in [3.8, 4) is 0 Å². The van der Waals surface area contributed by atoms with Gasteiger partial charge in [-0.2, -0.15) is 4.31 Å². The third kappa shape index (κ3) is 2.65. The van der Waals surface area contributed by atoms with E-state index in [1.165, 1.54) is 28.8 Å². The highest BCUT2D eigenvalue weighted by Crippen LogP contribution is 2.37. The molecule has 1 atom stereocenters. The van der Waals surface area contributed by atoms with Crippen molar-refractivity contribution in [3.05, 3.63) is 84.2 Å². The van der Waals surface area contributed by atoms with Crippen LogP contribution < -0.4 is 0 Å². The predicted octanol–water partition coefficient (Wildman–Crippen LogP) is 2.82. The molecule has 0 saturated carbocycles. The molecule has 7 heteroatoms. The van der Waals surface area contributed by atoms with Crippen LogP contribution in [-0.4, -0.2) is 28.8 Å². The summed E-state index contributed by atoms with van der Waals surface area (Å²) in [6.45, 7) is 0.782. The third-order valence-electron chi connectivity index (χ3n) is 4.43. The molecule has 3 aromatic rings. The van der Waals surface area contributed by atoms with E-state index in [-0.39, 0.29) is 11.4 Å². The molecule has 5 nitrogen and oxygen atoms in total. The van der Waals surface area contributed by atoms with Crippen LogP contribution in [-0.2, 0) is 16.6 Å². The lowest BCUT2D eigenvalue weighted by Gasteiger charge is -2.36. The summed E-state index contributed by atoms with van der Waals surface area (Å²) in [4.78, 5) is 4.02. The number of nitrogens with zero attached hydrogens (tertiary/aromatic N) is 3. The van der Waals surface area contributed by atoms with Gasteiger partial charge < -0.3 is 4.57 Å². The molecular weight excluding hydrogens is 341 g/mol. The molecule has 128 valence electrons. The van der Waals surface area contributed by atoms with E-state index >= 15 is 0 Å². The summed E-state index contributed by atoms with van der Waals surface area (Å²) in [5.41, 5.74) is 1.10. The van der Waals surface area contributed by atoms with Crippen molar-refractivity contribution in [1.29, 1.82) is 0 Å². The van der Waals surface area contributed by atoms with Gasteiger partial charge in [-0.05, 0) is 30.3 Å². The summed E-state index contributed by atoms with van der Waals surface area (Å²) in [7, 11) is -3.81. The van der Waals surface area contributed by atoms with Crippen LogP contribution in [0.15, 0.2) is 72.0 Å². The van der Waals surface area contributed by atoms with Crippen LogP contribution in [0.25, 0.3) is 0 Å². The second-order valence-corrected chi connectivity index (χ2v) is 7.75. The van der Waals surface area contributed by atoms with Crippen LogP contribution in [0, 0.1) is 5.82 Å². The first kappa shape index (κ1) is 16.0. The Kier molecular flexibility index (Phi) is 3.89. The van der Waals surface area contributed by atoms with E-state index in [0.717, 1.165) is 5.69 Å². The van der Waals surface area contributed by atoms with Crippen LogP contribution in [0.1, 0.15) is 17.3 Å². The normalized spacial score (nSPS) is 18.0. The van der Waals surface area contributed by atoms with E-state index in [1.54, 1.807) is 24.3 Å². The third-order valence-corrected chi connectivity index (χ3v) is 6.28. The van der Waals surface area contributed by atoms with Gasteiger partial charge >= 0.3 is 0 Å². The second-order valence-electron chi connectivity index (χ2n) is 5.85. The SMILES string of the molecule is O=S(=O)(c1cccnc1)N1CCn2cccc2[C@H]1c1ccccc1F. The zero-order chi connectivity index (χ0) is 17.4. The zero-order valence-corrected chi connectivity index (χ0v) is 14.1. The van der Waals surface area contributed by atoms with Crippen molar-refractivity contribution in [1.82, 2.24) is 13.9 Å². The molecule has 2 aromatic heterocycles. The molecule has 0 bridgehead atoms. The summed E-state index contributed by atoms with van der Waals surface area (Å²) < 4.78 is 44.2. The molecule has 0 radical (unpaired) electrons. The van der Waals surface area contributed by atoms with Crippen molar-refractivity contribution < 1.29 is 12.8 Å². The molecule has 0 unspecified atom stereocenters. The average molecular weight is 357 g/mol. The Balaban J connectivity index is 1.89. The molecule has 1 aliphatic rings. The Morgan fingerprint density at radius 1 is 1.04 bits per heavy atom. The lowest BCUT2D eigenvalue weighted by atomic mass is 10.0. The van der Waals surface area contributed by atoms with Gasteiger partial charge in [-0.3, -0.25) is 4.98 Å². The Bertz CT molecular complexity index is 1000. The Morgan fingerprint density at radius 3 is 2.64 bits per heavy atom. The van der Waals surface area contributed by atoms with Crippen molar-refractivity contribution in [3.63, 3.8) is 0 Å². The molecular formula is C18H16FN3O2S. The number of hydrogen-bond acceptors (Lipinski definition) is 3. The minimum Gasteiger partial charge on any atom is -0.348 e. The predicted molar refractivity (Wildman–Crippen MR) is 90.8 cm³/mol. The van der Waals surface area contributed by atoms with E-state index in [0.29, 0.717) is 12.1 Å². The van der Waals surface area contributed by atoms with Crippen LogP contribution >= 0.6 is 0 Å². The smallest absolute Gasteiger partial charge is 0.245 e. The molecule has 3 heterocycles. The Hall–Kier alpha value is -2.51. The van der Waals surface area contributed by atoms with Crippen LogP contribution in [0.3, 0.4) is 0 Å². The van der Waals surface area contributed by atoms with Gasteiger partial charge in [0.25, 0.3) is 0 Å². The molecule has 0 N–H and O–H groups in total. The molecule has 1 aromatic carbocycles. The van der Waals surface area contributed by atoms with Crippen LogP contribution in [0.5, 0.6) is 0 Å². The van der Waals surface area contributed by atoms with Crippen molar-refractivity contribution >= 4 is 10.0 Å². The highest BCUT2D eigenvalue weighted by atomic mass is 32.2. The maximum absolute atomic E-state index is 14.5. The van der Waals surface area contributed by atoms with E-state index < -0.39 is 21.9 Å². The number of benzene rings is 1. The van der Waals surface area contributed by atoms with E-state index in [4.69, 9.17) is 0 Å². The number of halogens is 1. The minimum absolute atomic E-state index is 0.108. The average Bonchev–Trinajstić information content (AvgIpc) is 3.11. The first-order valence-electron chi connectivity index (χ1n) is 7.90. The molecule has 0 aliphatic carbocycles. The lowest BCUT2D eigenvalue weighted by molar-refractivity contribution is 0.293. The monoisotopic (exact) mass is 357 g/mol. The number of pyridine rings is 1. The van der Waals surface area contributed by atoms with E-state index in [9.17, 15) is 12.8 Å². The maximum Gasteiger partial charge on any atom is 0.245 e. The fourth-order valence-corrected chi connectivity index (χ4v) is 4.80. The number of hydrogen-bond donors (Lipinski definition) is 0. The van der Waals surface area contributed by atoms with Gasteiger partial charge in [-0.25, -0.2) is 12.8 Å². The zero-order valence-electron chi connectivity index (χ0n) is 13.3. The second kappa shape index (κ2) is 6.09. The first-order valence-corrected chi connectivity index (χ1v) is 9.34. The van der Waals surface area contributed by atoms with Gasteiger partial charge in [0.05, 0.1) is 6.04 Å². The summed E-state index contributed by atoms with van der Waals surface area (Å²) in [5, 5.41) is 0. The van der Waals surface area contributed by atoms with E-state index in [1.807, 2.05) is 22.9 Å². The van der Waals surface area contributed by atoms with Gasteiger partial charge in [0.1, 0.15) is 10.7 Å². The summed E-state index contributed by atoms with van der Waals surface area (Å²) in [6.07, 6.45) is 4.73. The number of fused-ring (bicyclic) bond motifs is 1. The molecule has 0 fully saturated rings. The molecule has 25 heavy (non-hydrogen) atoms. The Morgan fingerprint density at radius 2 is 1.88 bits per heavy atom. The first-order chi connectivity index (χ1) is 12.1. The van der Waals surface area contributed by atoms with Gasteiger partial charge in [0.15, 0.2) is 0 Å².